The molecule has 0 bridgehead atoms. The van der Waals surface area contributed by atoms with Gasteiger partial charge in [-0.3, -0.25) is 14.5 Å². The van der Waals surface area contributed by atoms with Crippen molar-refractivity contribution >= 4 is 28.7 Å². The maximum Gasteiger partial charge on any atom is 0.422 e. The molecule has 0 aliphatic carbocycles. The van der Waals surface area contributed by atoms with E-state index in [1.54, 1.807) is 58.2 Å². The van der Waals surface area contributed by atoms with Crippen molar-refractivity contribution in [2.24, 2.45) is 0 Å². The zero-order valence-corrected chi connectivity index (χ0v) is 25.9. The van der Waals surface area contributed by atoms with Crippen molar-refractivity contribution in [3.8, 4) is 28.7 Å². The number of fused-ring (bicyclic) bond motifs is 1. The second-order valence-corrected chi connectivity index (χ2v) is 11.0. The van der Waals surface area contributed by atoms with E-state index >= 15 is 0 Å². The van der Waals surface area contributed by atoms with Crippen molar-refractivity contribution in [1.29, 1.82) is 0 Å². The number of nitrogens with zero attached hydrogens (tertiary/aromatic N) is 4. The summed E-state index contributed by atoms with van der Waals surface area (Å²) in [6.45, 7) is 5.10. The molecule has 16 heteroatoms. The van der Waals surface area contributed by atoms with E-state index in [9.17, 15) is 22.8 Å². The number of hydrogen-bond acceptors (Lipinski definition) is 10. The fourth-order valence-electron chi connectivity index (χ4n) is 4.11. The van der Waals surface area contributed by atoms with Gasteiger partial charge < -0.3 is 34.3 Å². The number of pyridine rings is 2. The van der Waals surface area contributed by atoms with E-state index < -0.39 is 47.9 Å². The molecular formula is C30H33F3N6O7. The van der Waals surface area contributed by atoms with Crippen molar-refractivity contribution in [3.63, 3.8) is 0 Å². The largest absolute Gasteiger partial charge is 0.493 e. The minimum absolute atomic E-state index is 0.00152. The number of hydrogen-bond donors (Lipinski definition) is 2. The van der Waals surface area contributed by atoms with E-state index in [4.69, 9.17) is 23.7 Å². The van der Waals surface area contributed by atoms with Crippen molar-refractivity contribution < 1.29 is 46.4 Å². The number of carbonyl (C=O) groups is 2. The lowest BCUT2D eigenvalue weighted by atomic mass is 10.2. The lowest BCUT2D eigenvalue weighted by Gasteiger charge is -2.21. The molecule has 0 saturated heterocycles. The first-order valence-electron chi connectivity index (χ1n) is 13.9. The van der Waals surface area contributed by atoms with Crippen LogP contribution in [0.1, 0.15) is 38.2 Å². The Morgan fingerprint density at radius 1 is 0.978 bits per heavy atom. The third-order valence-corrected chi connectivity index (χ3v) is 5.97. The number of methoxy groups -OCH3 is 2. The van der Waals surface area contributed by atoms with Crippen molar-refractivity contribution in [2.45, 2.75) is 52.1 Å². The zero-order chi connectivity index (χ0) is 33.6. The predicted molar refractivity (Wildman–Crippen MR) is 160 cm³/mol. The Labute approximate surface area is 262 Å². The van der Waals surface area contributed by atoms with E-state index in [0.717, 1.165) is 6.20 Å². The lowest BCUT2D eigenvalue weighted by Crippen LogP contribution is -2.39. The summed E-state index contributed by atoms with van der Waals surface area (Å²) in [4.78, 5) is 33.7. The SMILES string of the molecule is COc1cc2nccc(Oc3ccc(NC(=O)c4nn(CC(C)NC(=O)OC(C)(C)C)cc4OCC(F)(F)F)nc3)c2cc1OC. The molecule has 0 saturated carbocycles. The Morgan fingerprint density at radius 2 is 1.70 bits per heavy atom. The van der Waals surface area contributed by atoms with Crippen LogP contribution in [0.15, 0.2) is 48.9 Å². The molecule has 0 fully saturated rings. The molecule has 4 aromatic rings. The van der Waals surface area contributed by atoms with Crippen molar-refractivity contribution in [3.05, 3.63) is 54.6 Å². The number of alkyl halides is 3. The molecular weight excluding hydrogens is 613 g/mol. The van der Waals surface area contributed by atoms with Crippen LogP contribution in [0.4, 0.5) is 23.8 Å². The van der Waals surface area contributed by atoms with Gasteiger partial charge in [-0.15, -0.1) is 0 Å². The number of alkyl carbamates (subject to hydrolysis) is 1. The average molecular weight is 647 g/mol. The smallest absolute Gasteiger partial charge is 0.422 e. The van der Waals surface area contributed by atoms with Crippen molar-refractivity contribution in [2.75, 3.05) is 26.1 Å². The average Bonchev–Trinajstić information content (AvgIpc) is 3.37. The summed E-state index contributed by atoms with van der Waals surface area (Å²) in [6.07, 6.45) is -1.28. The number of ether oxygens (including phenoxy) is 5. The molecule has 0 aliphatic rings. The Balaban J connectivity index is 1.48. The van der Waals surface area contributed by atoms with Crippen LogP contribution in [-0.2, 0) is 11.3 Å². The van der Waals surface area contributed by atoms with Crippen LogP contribution >= 0.6 is 0 Å². The molecule has 3 aromatic heterocycles. The molecule has 1 atom stereocenters. The molecule has 246 valence electrons. The molecule has 2 amide bonds. The Bertz CT molecular complexity index is 1690. The van der Waals surface area contributed by atoms with Crippen LogP contribution < -0.4 is 29.6 Å². The molecule has 0 aliphatic heterocycles. The molecule has 2 N–H and O–H groups in total. The van der Waals surface area contributed by atoms with Gasteiger partial charge in [0.05, 0.1) is 38.7 Å². The van der Waals surface area contributed by atoms with E-state index in [1.807, 2.05) is 0 Å². The van der Waals surface area contributed by atoms with E-state index in [0.29, 0.717) is 33.9 Å². The highest BCUT2D eigenvalue weighted by atomic mass is 19.4. The minimum Gasteiger partial charge on any atom is -0.493 e. The number of halogens is 3. The number of amides is 2. The van der Waals surface area contributed by atoms with Gasteiger partial charge in [-0.25, -0.2) is 9.78 Å². The van der Waals surface area contributed by atoms with E-state index in [1.165, 1.54) is 31.2 Å². The maximum atomic E-state index is 13.1. The summed E-state index contributed by atoms with van der Waals surface area (Å²) in [5.74, 6) is 0.563. The summed E-state index contributed by atoms with van der Waals surface area (Å²) in [5, 5.41) is 9.85. The predicted octanol–water partition coefficient (Wildman–Crippen LogP) is 5.74. The Morgan fingerprint density at radius 3 is 2.33 bits per heavy atom. The van der Waals surface area contributed by atoms with Crippen LogP contribution in [0.5, 0.6) is 28.7 Å². The monoisotopic (exact) mass is 646 g/mol. The van der Waals surface area contributed by atoms with Crippen molar-refractivity contribution in [1.82, 2.24) is 25.1 Å². The van der Waals surface area contributed by atoms with Gasteiger partial charge >= 0.3 is 12.3 Å². The summed E-state index contributed by atoms with van der Waals surface area (Å²) in [5.41, 5.74) is -0.540. The second-order valence-electron chi connectivity index (χ2n) is 11.0. The number of benzene rings is 1. The fourth-order valence-corrected chi connectivity index (χ4v) is 4.11. The number of anilines is 1. The zero-order valence-electron chi connectivity index (χ0n) is 25.9. The highest BCUT2D eigenvalue weighted by Crippen LogP contribution is 2.37. The van der Waals surface area contributed by atoms with Gasteiger partial charge in [-0.05, 0) is 52.0 Å². The van der Waals surface area contributed by atoms with Gasteiger partial charge in [0.1, 0.15) is 22.9 Å². The van der Waals surface area contributed by atoms with Gasteiger partial charge in [-0.1, -0.05) is 0 Å². The number of carbonyl (C=O) groups excluding carboxylic acids is 2. The number of aromatic nitrogens is 4. The number of rotatable bonds is 11. The topological polar surface area (TPSA) is 148 Å². The molecule has 0 radical (unpaired) electrons. The first-order valence-corrected chi connectivity index (χ1v) is 13.9. The maximum absolute atomic E-state index is 13.1. The Kier molecular flexibility index (Phi) is 10.1. The molecule has 0 spiro atoms. The van der Waals surface area contributed by atoms with Gasteiger partial charge in [0, 0.05) is 23.7 Å². The molecule has 1 aromatic carbocycles. The summed E-state index contributed by atoms with van der Waals surface area (Å²) in [7, 11) is 3.03. The summed E-state index contributed by atoms with van der Waals surface area (Å²) < 4.78 is 66.7. The molecule has 3 heterocycles. The summed E-state index contributed by atoms with van der Waals surface area (Å²) in [6, 6.07) is 7.52. The lowest BCUT2D eigenvalue weighted by molar-refractivity contribution is -0.153. The first kappa shape index (κ1) is 33.6. The normalized spacial score (nSPS) is 12.3. The first-order chi connectivity index (χ1) is 21.6. The standard InChI is InChI=1S/C30H33F3N6O7/c1-17(36-28(41)46-29(2,3)4)14-39-15-24(44-16-30(31,32)33)26(38-39)27(40)37-25-8-7-18(13-35-25)45-21-9-10-34-20-12-23(43-6)22(42-5)11-19(20)21/h7-13,15,17H,14,16H2,1-6H3,(H,36,41)(H,35,37,40). The molecule has 46 heavy (non-hydrogen) atoms. The fraction of sp³-hybridized carbons (Fsp3) is 0.367. The van der Waals surface area contributed by atoms with E-state index in [-0.39, 0.29) is 12.4 Å². The number of nitrogens with one attached hydrogen (secondary N) is 2. The minimum atomic E-state index is -4.66. The quantitative estimate of drug-likeness (QED) is 0.207. The second kappa shape index (κ2) is 13.8. The molecule has 13 nitrogen and oxygen atoms in total. The third-order valence-electron chi connectivity index (χ3n) is 5.97. The van der Waals surface area contributed by atoms with E-state index in [2.05, 4.69) is 25.7 Å². The van der Waals surface area contributed by atoms with Crippen LogP contribution in [-0.4, -0.2) is 70.4 Å². The molecule has 4 rings (SSSR count). The highest BCUT2D eigenvalue weighted by molar-refractivity contribution is 6.04. The van der Waals surface area contributed by atoms with Crippen LogP contribution in [0.2, 0.25) is 0 Å². The van der Waals surface area contributed by atoms with Gasteiger partial charge in [-0.2, -0.15) is 18.3 Å². The van der Waals surface area contributed by atoms with Crippen LogP contribution in [0.3, 0.4) is 0 Å². The third kappa shape index (κ3) is 9.12. The van der Waals surface area contributed by atoms with Gasteiger partial charge in [0.25, 0.3) is 5.91 Å². The summed E-state index contributed by atoms with van der Waals surface area (Å²) >= 11 is 0. The Hall–Kier alpha value is -5.28. The van der Waals surface area contributed by atoms with Gasteiger partial charge in [0.15, 0.2) is 29.5 Å². The molecule has 1 unspecified atom stereocenters. The highest BCUT2D eigenvalue weighted by Gasteiger charge is 2.30. The van der Waals surface area contributed by atoms with Crippen LogP contribution in [0, 0.1) is 0 Å². The van der Waals surface area contributed by atoms with Gasteiger partial charge in [0.2, 0.25) is 0 Å². The van der Waals surface area contributed by atoms with Crippen LogP contribution in [0.25, 0.3) is 10.9 Å².